The second-order valence-corrected chi connectivity index (χ2v) is 5.09. The summed E-state index contributed by atoms with van der Waals surface area (Å²) < 4.78 is 0. The molecule has 1 aromatic carbocycles. The van der Waals surface area contributed by atoms with Gasteiger partial charge < -0.3 is 4.90 Å². The van der Waals surface area contributed by atoms with Gasteiger partial charge in [0.15, 0.2) is 0 Å². The number of benzene rings is 1. The molecule has 0 radical (unpaired) electrons. The molecule has 1 fully saturated rings. The fourth-order valence-corrected chi connectivity index (χ4v) is 2.35. The number of alkyl halides is 1. The van der Waals surface area contributed by atoms with E-state index >= 15 is 0 Å². The van der Waals surface area contributed by atoms with E-state index in [1.165, 1.54) is 24.1 Å². The Morgan fingerprint density at radius 1 is 1.38 bits per heavy atom. The van der Waals surface area contributed by atoms with Gasteiger partial charge in [0.2, 0.25) is 0 Å². The largest absolute Gasteiger partial charge is 0.371 e. The molecule has 88 valence electrons. The Bertz CT molecular complexity index is 361. The lowest BCUT2D eigenvalue weighted by Crippen LogP contribution is -2.26. The van der Waals surface area contributed by atoms with Crippen LogP contribution in [0.2, 0.25) is 5.02 Å². The summed E-state index contributed by atoms with van der Waals surface area (Å²) in [6.45, 7) is 4.34. The summed E-state index contributed by atoms with van der Waals surface area (Å²) in [5.41, 5.74) is 2.38. The second kappa shape index (κ2) is 5.29. The zero-order valence-electron chi connectivity index (χ0n) is 9.55. The fraction of sp³-hybridized carbons (Fsp3) is 0.538. The van der Waals surface area contributed by atoms with E-state index in [-0.39, 0.29) is 0 Å². The Labute approximate surface area is 107 Å². The molecule has 3 heteroatoms. The van der Waals surface area contributed by atoms with Crippen LogP contribution in [0.15, 0.2) is 18.2 Å². The lowest BCUT2D eigenvalue weighted by Gasteiger charge is -2.25. The molecule has 0 aromatic heterocycles. The van der Waals surface area contributed by atoms with Crippen LogP contribution in [-0.4, -0.2) is 13.1 Å². The molecule has 0 N–H and O–H groups in total. The molecule has 0 spiro atoms. The van der Waals surface area contributed by atoms with Gasteiger partial charge in [0.05, 0.1) is 0 Å². The van der Waals surface area contributed by atoms with Gasteiger partial charge in [0, 0.05) is 29.7 Å². The summed E-state index contributed by atoms with van der Waals surface area (Å²) in [6, 6.07) is 5.97. The maximum atomic E-state index is 6.06. The minimum Gasteiger partial charge on any atom is -0.371 e. The van der Waals surface area contributed by atoms with Crippen molar-refractivity contribution < 1.29 is 0 Å². The quantitative estimate of drug-likeness (QED) is 0.711. The number of rotatable bonds is 5. The average molecular weight is 258 g/mol. The van der Waals surface area contributed by atoms with Gasteiger partial charge in [-0.25, -0.2) is 0 Å². The Balaban J connectivity index is 2.23. The minimum absolute atomic E-state index is 0.549. The van der Waals surface area contributed by atoms with Crippen molar-refractivity contribution >= 4 is 28.9 Å². The van der Waals surface area contributed by atoms with E-state index < -0.39 is 0 Å². The van der Waals surface area contributed by atoms with E-state index in [0.717, 1.165) is 24.0 Å². The lowest BCUT2D eigenvalue weighted by atomic mass is 10.1. The topological polar surface area (TPSA) is 3.24 Å². The van der Waals surface area contributed by atoms with E-state index in [9.17, 15) is 0 Å². The number of hydrogen-bond donors (Lipinski definition) is 0. The SMILES string of the molecule is CCN(CC1CC1)c1cc(Cl)ccc1CCl. The maximum Gasteiger partial charge on any atom is 0.0494 e. The molecule has 1 aliphatic carbocycles. The molecule has 1 aliphatic rings. The second-order valence-electron chi connectivity index (χ2n) is 4.39. The van der Waals surface area contributed by atoms with Crippen LogP contribution in [0.1, 0.15) is 25.3 Å². The molecule has 1 aromatic rings. The third-order valence-electron chi connectivity index (χ3n) is 3.09. The van der Waals surface area contributed by atoms with E-state index in [1.54, 1.807) is 0 Å². The fourth-order valence-electron chi connectivity index (χ4n) is 1.95. The highest BCUT2D eigenvalue weighted by Crippen LogP contribution is 2.33. The average Bonchev–Trinajstić information content (AvgIpc) is 3.09. The van der Waals surface area contributed by atoms with Crippen molar-refractivity contribution in [1.82, 2.24) is 0 Å². The number of nitrogens with zero attached hydrogens (tertiary/aromatic N) is 1. The third-order valence-corrected chi connectivity index (χ3v) is 3.61. The molecule has 0 unspecified atom stereocenters. The first-order valence-corrected chi connectivity index (χ1v) is 6.75. The first-order valence-electron chi connectivity index (χ1n) is 5.84. The Morgan fingerprint density at radius 2 is 2.12 bits per heavy atom. The van der Waals surface area contributed by atoms with Crippen LogP contribution in [0.3, 0.4) is 0 Å². The Hall–Kier alpha value is -0.400. The van der Waals surface area contributed by atoms with Crippen LogP contribution in [0, 0.1) is 5.92 Å². The van der Waals surface area contributed by atoms with Crippen molar-refractivity contribution in [3.05, 3.63) is 28.8 Å². The van der Waals surface area contributed by atoms with Crippen molar-refractivity contribution in [2.75, 3.05) is 18.0 Å². The molecule has 16 heavy (non-hydrogen) atoms. The van der Waals surface area contributed by atoms with Gasteiger partial charge in [-0.1, -0.05) is 17.7 Å². The Morgan fingerprint density at radius 3 is 2.69 bits per heavy atom. The van der Waals surface area contributed by atoms with Crippen molar-refractivity contribution in [1.29, 1.82) is 0 Å². The molecule has 1 nitrogen and oxygen atoms in total. The molecule has 0 saturated heterocycles. The Kier molecular flexibility index (Phi) is 3.99. The van der Waals surface area contributed by atoms with Crippen LogP contribution >= 0.6 is 23.2 Å². The van der Waals surface area contributed by atoms with Crippen LogP contribution in [0.25, 0.3) is 0 Å². The molecular weight excluding hydrogens is 241 g/mol. The molecule has 0 aliphatic heterocycles. The van der Waals surface area contributed by atoms with Crippen LogP contribution in [0.5, 0.6) is 0 Å². The zero-order valence-corrected chi connectivity index (χ0v) is 11.1. The van der Waals surface area contributed by atoms with Gasteiger partial charge in [-0.2, -0.15) is 0 Å². The van der Waals surface area contributed by atoms with Gasteiger partial charge in [0.1, 0.15) is 0 Å². The summed E-state index contributed by atoms with van der Waals surface area (Å²) in [7, 11) is 0. The standard InChI is InChI=1S/C13H17Cl2N/c1-2-16(9-10-3-4-10)13-7-12(15)6-5-11(13)8-14/h5-7,10H,2-4,8-9H2,1H3. The summed E-state index contributed by atoms with van der Waals surface area (Å²) >= 11 is 12.0. The minimum atomic E-state index is 0.549. The predicted molar refractivity (Wildman–Crippen MR) is 71.6 cm³/mol. The summed E-state index contributed by atoms with van der Waals surface area (Å²) in [4.78, 5) is 2.39. The number of anilines is 1. The zero-order chi connectivity index (χ0) is 11.5. The predicted octanol–water partition coefficient (Wildman–Crippen LogP) is 4.32. The normalized spacial score (nSPS) is 15.2. The molecule has 2 rings (SSSR count). The van der Waals surface area contributed by atoms with Gasteiger partial charge in [0.25, 0.3) is 0 Å². The van der Waals surface area contributed by atoms with Crippen molar-refractivity contribution in [2.24, 2.45) is 5.92 Å². The van der Waals surface area contributed by atoms with Crippen molar-refractivity contribution in [3.8, 4) is 0 Å². The monoisotopic (exact) mass is 257 g/mol. The summed E-state index contributed by atoms with van der Waals surface area (Å²) in [5.74, 6) is 1.43. The first kappa shape index (κ1) is 12.1. The molecule has 0 bridgehead atoms. The van der Waals surface area contributed by atoms with Gasteiger partial charge in [-0.15, -0.1) is 11.6 Å². The lowest BCUT2D eigenvalue weighted by molar-refractivity contribution is 0.739. The molecule has 1 saturated carbocycles. The first-order chi connectivity index (χ1) is 7.74. The van der Waals surface area contributed by atoms with Crippen molar-refractivity contribution in [2.45, 2.75) is 25.6 Å². The van der Waals surface area contributed by atoms with Crippen LogP contribution in [-0.2, 0) is 5.88 Å². The highest BCUT2D eigenvalue weighted by molar-refractivity contribution is 6.31. The maximum absolute atomic E-state index is 6.06. The highest BCUT2D eigenvalue weighted by Gasteiger charge is 2.24. The van der Waals surface area contributed by atoms with E-state index in [0.29, 0.717) is 5.88 Å². The molecule has 0 heterocycles. The summed E-state index contributed by atoms with van der Waals surface area (Å²) in [6.07, 6.45) is 2.74. The molecule has 0 amide bonds. The number of hydrogen-bond acceptors (Lipinski definition) is 1. The summed E-state index contributed by atoms with van der Waals surface area (Å²) in [5, 5.41) is 0.790. The smallest absolute Gasteiger partial charge is 0.0494 e. The van der Waals surface area contributed by atoms with Crippen molar-refractivity contribution in [3.63, 3.8) is 0 Å². The number of halogens is 2. The van der Waals surface area contributed by atoms with Gasteiger partial charge >= 0.3 is 0 Å². The van der Waals surface area contributed by atoms with Crippen LogP contribution < -0.4 is 4.90 Å². The molecule has 0 atom stereocenters. The third kappa shape index (κ3) is 2.83. The van der Waals surface area contributed by atoms with E-state index in [4.69, 9.17) is 23.2 Å². The van der Waals surface area contributed by atoms with Crippen LogP contribution in [0.4, 0.5) is 5.69 Å². The van der Waals surface area contributed by atoms with E-state index in [1.807, 2.05) is 18.2 Å². The highest BCUT2D eigenvalue weighted by atomic mass is 35.5. The van der Waals surface area contributed by atoms with E-state index in [2.05, 4.69) is 11.8 Å². The van der Waals surface area contributed by atoms with Gasteiger partial charge in [-0.3, -0.25) is 0 Å². The molecular formula is C13H17Cl2N. The van der Waals surface area contributed by atoms with Gasteiger partial charge in [-0.05, 0) is 43.4 Å².